The van der Waals surface area contributed by atoms with Gasteiger partial charge in [0.25, 0.3) is 5.91 Å². The molecule has 2 aliphatic carbocycles. The van der Waals surface area contributed by atoms with Crippen LogP contribution >= 0.6 is 9.24 Å². The van der Waals surface area contributed by atoms with Gasteiger partial charge in [-0.3, -0.25) is 9.69 Å². The van der Waals surface area contributed by atoms with E-state index in [1.165, 1.54) is 31.6 Å². The van der Waals surface area contributed by atoms with Crippen molar-refractivity contribution in [3.8, 4) is 17.6 Å². The largest absolute Gasteiger partial charge is 0.489 e. The number of aromatic nitrogens is 1. The standard InChI is InChI=1S/C36H48BFN5O4P/c1-39-34(44)25-9-14-32(33(18-25)47-17-16-45-3)41(2)15-5-6-28-19-29-30(7-4-8-31(29)43(28)22-36(37,38)48)40-26-10-12-27(13-11-26)42-20-35(21-42)23-46-24-35/h8-9,14,18-19,26-27,40H,4,7,10-13,15-17,20-24,48H2,1-3H3,(H,39,44). The van der Waals surface area contributed by atoms with E-state index in [1.807, 2.05) is 22.6 Å². The summed E-state index contributed by atoms with van der Waals surface area (Å²) >= 11 is 0. The molecule has 2 radical (unpaired) electrons. The van der Waals surface area contributed by atoms with Crippen LogP contribution in [0.25, 0.3) is 11.8 Å². The highest BCUT2D eigenvalue weighted by Gasteiger charge is 2.50. The molecule has 1 saturated carbocycles. The summed E-state index contributed by atoms with van der Waals surface area (Å²) in [6, 6.07) is 8.54. The molecule has 2 saturated heterocycles. The normalized spacial score (nSPS) is 22.6. The smallest absolute Gasteiger partial charge is 0.251 e. The van der Waals surface area contributed by atoms with Crippen LogP contribution < -0.4 is 30.8 Å². The quantitative estimate of drug-likeness (QED) is 0.154. The topological polar surface area (TPSA) is 80.2 Å². The predicted octanol–water partition coefficient (Wildman–Crippen LogP) is 1.94. The number of methoxy groups -OCH3 is 1. The van der Waals surface area contributed by atoms with E-state index in [1.54, 1.807) is 26.3 Å². The zero-order valence-corrected chi connectivity index (χ0v) is 29.6. The number of alkyl halides is 1. The van der Waals surface area contributed by atoms with Gasteiger partial charge in [-0.25, -0.2) is 4.39 Å². The number of carbonyl (C=O) groups is 1. The van der Waals surface area contributed by atoms with Gasteiger partial charge < -0.3 is 34.3 Å². The van der Waals surface area contributed by atoms with Gasteiger partial charge in [-0.1, -0.05) is 12.0 Å². The zero-order valence-electron chi connectivity index (χ0n) is 28.4. The maximum Gasteiger partial charge on any atom is 0.251 e. The molecule has 4 aliphatic rings. The first-order valence-electron chi connectivity index (χ1n) is 17.0. The number of fused-ring (bicyclic) bond motifs is 1. The van der Waals surface area contributed by atoms with Crippen LogP contribution in [0.15, 0.2) is 24.3 Å². The Labute approximate surface area is 287 Å². The fourth-order valence-electron chi connectivity index (χ4n) is 7.46. The molecule has 1 aromatic carbocycles. The third-order valence-corrected chi connectivity index (χ3v) is 10.2. The van der Waals surface area contributed by atoms with E-state index in [-0.39, 0.29) is 12.5 Å². The van der Waals surface area contributed by atoms with Crippen molar-refractivity contribution in [2.45, 2.75) is 62.5 Å². The Morgan fingerprint density at radius 2 is 2.00 bits per heavy atom. The number of halogens is 1. The summed E-state index contributed by atoms with van der Waals surface area (Å²) in [5.74, 6) is 6.98. The monoisotopic (exact) mass is 675 g/mol. The van der Waals surface area contributed by atoms with Gasteiger partial charge in [-0.2, -0.15) is 0 Å². The Morgan fingerprint density at radius 1 is 1.23 bits per heavy atom. The molecule has 1 spiro atoms. The number of nitrogens with zero attached hydrogens (tertiary/aromatic N) is 3. The molecule has 3 fully saturated rings. The van der Waals surface area contributed by atoms with Crippen molar-refractivity contribution in [3.05, 3.63) is 46.1 Å². The van der Waals surface area contributed by atoms with Gasteiger partial charge in [0, 0.05) is 73.6 Å². The van der Waals surface area contributed by atoms with Gasteiger partial charge in [0.15, 0.2) is 0 Å². The van der Waals surface area contributed by atoms with E-state index >= 15 is 0 Å². The number of amides is 1. The molecule has 3 heterocycles. The summed E-state index contributed by atoms with van der Waals surface area (Å²) in [5.41, 5.74) is 3.70. The number of likely N-dealkylation sites (tertiary alicyclic amines) is 1. The molecule has 1 amide bonds. The highest BCUT2D eigenvalue weighted by molar-refractivity contribution is 7.21. The number of hydrogen-bond donors (Lipinski definition) is 2. The van der Waals surface area contributed by atoms with Crippen molar-refractivity contribution in [2.24, 2.45) is 5.41 Å². The van der Waals surface area contributed by atoms with Gasteiger partial charge >= 0.3 is 0 Å². The van der Waals surface area contributed by atoms with Crippen LogP contribution in [0.4, 0.5) is 10.1 Å². The molecule has 2 atom stereocenters. The molecule has 9 nitrogen and oxygen atoms in total. The molecule has 0 bridgehead atoms. The molecule has 48 heavy (non-hydrogen) atoms. The second-order valence-corrected chi connectivity index (χ2v) is 14.8. The van der Waals surface area contributed by atoms with Crippen molar-refractivity contribution < 1.29 is 23.4 Å². The van der Waals surface area contributed by atoms with Gasteiger partial charge in [0.1, 0.15) is 20.2 Å². The summed E-state index contributed by atoms with van der Waals surface area (Å²) in [4.78, 5) is 16.9. The predicted molar refractivity (Wildman–Crippen MR) is 191 cm³/mol. The summed E-state index contributed by atoms with van der Waals surface area (Å²) in [6.45, 7) is 5.38. The van der Waals surface area contributed by atoms with Crippen molar-refractivity contribution in [1.82, 2.24) is 20.1 Å². The number of hydrogen-bond acceptors (Lipinski definition) is 7. The van der Waals surface area contributed by atoms with E-state index in [4.69, 9.17) is 22.1 Å². The molecule has 2 aromatic rings. The number of rotatable bonds is 12. The minimum absolute atomic E-state index is 0.0252. The van der Waals surface area contributed by atoms with E-state index in [9.17, 15) is 9.18 Å². The van der Waals surface area contributed by atoms with Gasteiger partial charge in [0.2, 0.25) is 0 Å². The summed E-state index contributed by atoms with van der Waals surface area (Å²) in [6.07, 6.45) is 8.69. The van der Waals surface area contributed by atoms with Gasteiger partial charge in [-0.15, -0.1) is 9.24 Å². The van der Waals surface area contributed by atoms with Crippen molar-refractivity contribution >= 4 is 40.5 Å². The van der Waals surface area contributed by atoms with E-state index < -0.39 is 5.31 Å². The van der Waals surface area contributed by atoms with Crippen LogP contribution in [0.1, 0.15) is 54.6 Å². The highest BCUT2D eigenvalue weighted by atomic mass is 31.0. The minimum Gasteiger partial charge on any atom is -0.489 e. The number of anilines is 1. The lowest BCUT2D eigenvalue weighted by Crippen LogP contribution is -2.68. The Kier molecular flexibility index (Phi) is 10.8. The lowest BCUT2D eigenvalue weighted by Gasteiger charge is -2.58. The lowest BCUT2D eigenvalue weighted by molar-refractivity contribution is -0.200. The first kappa shape index (κ1) is 34.8. The summed E-state index contributed by atoms with van der Waals surface area (Å²) in [5, 5.41) is 6.63. The van der Waals surface area contributed by atoms with Crippen LogP contribution in [0, 0.1) is 17.3 Å². The van der Waals surface area contributed by atoms with Gasteiger partial charge in [-0.05, 0) is 68.7 Å². The number of benzene rings is 1. The summed E-state index contributed by atoms with van der Waals surface area (Å²) < 4.78 is 33.4. The molecule has 6 rings (SSSR count). The Morgan fingerprint density at radius 3 is 2.67 bits per heavy atom. The molecule has 2 unspecified atom stereocenters. The Bertz CT molecular complexity index is 1660. The van der Waals surface area contributed by atoms with Crippen LogP contribution in [0.2, 0.25) is 0 Å². The molecule has 2 aliphatic heterocycles. The maximum absolute atomic E-state index is 14.9. The molecule has 256 valence electrons. The van der Waals surface area contributed by atoms with Crippen LogP contribution in [-0.4, -0.2) is 108 Å². The first-order chi connectivity index (χ1) is 23.1. The molecular formula is C36H48BFN5O4P. The fraction of sp³-hybridized carbons (Fsp3) is 0.583. The molecular weight excluding hydrogens is 627 g/mol. The Balaban J connectivity index is 1.18. The van der Waals surface area contributed by atoms with Crippen molar-refractivity contribution in [3.63, 3.8) is 0 Å². The van der Waals surface area contributed by atoms with Crippen LogP contribution in [-0.2, 0) is 16.0 Å². The maximum atomic E-state index is 14.9. The number of nitrogens with one attached hydrogen (secondary N) is 2. The first-order valence-corrected chi connectivity index (χ1v) is 17.6. The van der Waals surface area contributed by atoms with E-state index in [0.29, 0.717) is 48.6 Å². The third-order valence-electron chi connectivity index (χ3n) is 10.0. The van der Waals surface area contributed by atoms with E-state index in [2.05, 4.69) is 48.8 Å². The third kappa shape index (κ3) is 7.89. The second kappa shape index (κ2) is 14.8. The zero-order chi connectivity index (χ0) is 33.9. The average Bonchev–Trinajstić information content (AvgIpc) is 3.36. The number of ether oxygens (including phenoxy) is 3. The van der Waals surface area contributed by atoms with Crippen molar-refractivity contribution in [2.75, 3.05) is 72.2 Å². The Hall–Kier alpha value is -3.03. The minimum atomic E-state index is -1.97. The SMILES string of the molecule is [B]C(F)(P)Cn1c(C#CCN(C)c2ccc(C(=O)NC)cc2OCCOC)cc2c1=CCCC=2NC1CCC(N2CC3(COC3)C2)CC1. The molecule has 1 aromatic heterocycles. The molecule has 2 N–H and O–H groups in total. The van der Waals surface area contributed by atoms with Crippen LogP contribution in [0.5, 0.6) is 5.75 Å². The second-order valence-electron chi connectivity index (χ2n) is 13.9. The average molecular weight is 676 g/mol. The molecule has 12 heteroatoms. The van der Waals surface area contributed by atoms with Gasteiger partial charge in [0.05, 0.1) is 49.6 Å². The number of carbonyl (C=O) groups excluding carboxylic acids is 1. The van der Waals surface area contributed by atoms with Crippen LogP contribution in [0.3, 0.4) is 0 Å². The van der Waals surface area contributed by atoms with E-state index in [0.717, 1.165) is 60.8 Å². The summed E-state index contributed by atoms with van der Waals surface area (Å²) in [7, 11) is 13.1. The van der Waals surface area contributed by atoms with Crippen molar-refractivity contribution in [1.29, 1.82) is 0 Å². The highest BCUT2D eigenvalue weighted by Crippen LogP contribution is 2.41. The lowest BCUT2D eigenvalue weighted by atomic mass is 9.75. The fourth-order valence-corrected chi connectivity index (χ4v) is 7.64.